The van der Waals surface area contributed by atoms with Crippen LogP contribution in [-0.2, 0) is 0 Å². The molecule has 126 valence electrons. The molecule has 4 heterocycles. The third-order valence-electron chi connectivity index (χ3n) is 5.13. The van der Waals surface area contributed by atoms with E-state index in [9.17, 15) is 13.6 Å². The van der Waals surface area contributed by atoms with Crippen LogP contribution in [0.2, 0.25) is 0 Å². The summed E-state index contributed by atoms with van der Waals surface area (Å²) in [5, 5.41) is 3.11. The fourth-order valence-electron chi connectivity index (χ4n) is 3.73. The molecule has 3 saturated heterocycles. The van der Waals surface area contributed by atoms with Crippen LogP contribution in [0.3, 0.4) is 0 Å². The number of rotatable bonds is 3. The number of aromatic nitrogens is 1. The smallest absolute Gasteiger partial charge is 0.267 e. The zero-order valence-corrected chi connectivity index (χ0v) is 13.2. The summed E-state index contributed by atoms with van der Waals surface area (Å²) in [6.07, 6.45) is 2.27. The standard InChI is InChI=1S/C18H19F2N3O/c19-13-2-1-12(9-14(13)20)15-3-4-16(21-15)18(24)22-17-10-23-7-5-11(17)6-8-23/h1-4,9,11,17,21H,5-8,10H2,(H,22,24)/t17-/m0/s1. The molecule has 0 unspecified atom stereocenters. The predicted molar refractivity (Wildman–Crippen MR) is 86.6 cm³/mol. The number of nitrogens with one attached hydrogen (secondary N) is 2. The Bertz CT molecular complexity index is 765. The van der Waals surface area contributed by atoms with E-state index in [0.29, 0.717) is 22.9 Å². The predicted octanol–water partition coefficient (Wildman–Crippen LogP) is 2.78. The molecule has 6 heteroatoms. The van der Waals surface area contributed by atoms with E-state index >= 15 is 0 Å². The fourth-order valence-corrected chi connectivity index (χ4v) is 3.73. The average molecular weight is 331 g/mol. The van der Waals surface area contributed by atoms with Gasteiger partial charge in [-0.2, -0.15) is 0 Å². The van der Waals surface area contributed by atoms with Crippen molar-refractivity contribution in [3.63, 3.8) is 0 Å². The molecule has 1 aromatic carbocycles. The van der Waals surface area contributed by atoms with Gasteiger partial charge in [-0.25, -0.2) is 8.78 Å². The van der Waals surface area contributed by atoms with E-state index in [1.807, 2.05) is 0 Å². The van der Waals surface area contributed by atoms with Crippen LogP contribution in [0.1, 0.15) is 23.3 Å². The number of nitrogens with zero attached hydrogens (tertiary/aromatic N) is 1. The van der Waals surface area contributed by atoms with Gasteiger partial charge in [-0.15, -0.1) is 0 Å². The first-order chi connectivity index (χ1) is 11.6. The molecule has 3 fully saturated rings. The number of hydrogen-bond donors (Lipinski definition) is 2. The second-order valence-electron chi connectivity index (χ2n) is 6.63. The summed E-state index contributed by atoms with van der Waals surface area (Å²) < 4.78 is 26.4. The lowest BCUT2D eigenvalue weighted by molar-refractivity contribution is 0.0618. The van der Waals surface area contributed by atoms with Crippen LogP contribution < -0.4 is 5.32 Å². The molecule has 3 aliphatic rings. The van der Waals surface area contributed by atoms with Crippen molar-refractivity contribution in [1.29, 1.82) is 0 Å². The first kappa shape index (κ1) is 15.3. The van der Waals surface area contributed by atoms with E-state index < -0.39 is 11.6 Å². The molecule has 1 atom stereocenters. The van der Waals surface area contributed by atoms with Gasteiger partial charge in [0.25, 0.3) is 5.91 Å². The molecule has 2 N–H and O–H groups in total. The van der Waals surface area contributed by atoms with Crippen molar-refractivity contribution in [1.82, 2.24) is 15.2 Å². The highest BCUT2D eigenvalue weighted by atomic mass is 19.2. The summed E-state index contributed by atoms with van der Waals surface area (Å²) in [4.78, 5) is 17.8. The fraction of sp³-hybridized carbons (Fsp3) is 0.389. The minimum Gasteiger partial charge on any atom is -0.351 e. The van der Waals surface area contributed by atoms with Crippen LogP contribution in [0.25, 0.3) is 11.3 Å². The Balaban J connectivity index is 1.48. The molecule has 3 aliphatic heterocycles. The molecule has 1 amide bonds. The van der Waals surface area contributed by atoms with Crippen LogP contribution in [-0.4, -0.2) is 41.5 Å². The number of aromatic amines is 1. The summed E-state index contributed by atoms with van der Waals surface area (Å²) in [5.41, 5.74) is 1.54. The molecule has 2 aromatic rings. The molecular weight excluding hydrogens is 312 g/mol. The summed E-state index contributed by atoms with van der Waals surface area (Å²) in [5.74, 6) is -1.38. The largest absolute Gasteiger partial charge is 0.351 e. The van der Waals surface area contributed by atoms with Gasteiger partial charge in [-0.1, -0.05) is 0 Å². The zero-order valence-electron chi connectivity index (χ0n) is 13.2. The number of H-pyrrole nitrogens is 1. The van der Waals surface area contributed by atoms with Crippen LogP contribution in [0.15, 0.2) is 30.3 Å². The molecule has 2 bridgehead atoms. The minimum absolute atomic E-state index is 0.150. The molecule has 24 heavy (non-hydrogen) atoms. The zero-order chi connectivity index (χ0) is 16.7. The van der Waals surface area contributed by atoms with Gasteiger partial charge in [0.1, 0.15) is 5.69 Å². The highest BCUT2D eigenvalue weighted by molar-refractivity contribution is 5.93. The Hall–Kier alpha value is -2.21. The Labute approximate surface area is 138 Å². The van der Waals surface area contributed by atoms with E-state index in [4.69, 9.17) is 0 Å². The second-order valence-corrected chi connectivity index (χ2v) is 6.63. The third kappa shape index (κ3) is 2.82. The van der Waals surface area contributed by atoms with E-state index in [0.717, 1.165) is 44.6 Å². The molecule has 5 rings (SSSR count). The topological polar surface area (TPSA) is 48.1 Å². The highest BCUT2D eigenvalue weighted by Crippen LogP contribution is 2.28. The number of hydrogen-bond acceptors (Lipinski definition) is 2. The maximum absolute atomic E-state index is 13.4. The van der Waals surface area contributed by atoms with Crippen molar-refractivity contribution >= 4 is 5.91 Å². The summed E-state index contributed by atoms with van der Waals surface area (Å²) in [6, 6.07) is 7.26. The van der Waals surface area contributed by atoms with Crippen molar-refractivity contribution in [3.8, 4) is 11.3 Å². The molecule has 0 radical (unpaired) electrons. The average Bonchev–Trinajstić information content (AvgIpc) is 3.09. The van der Waals surface area contributed by atoms with E-state index in [2.05, 4.69) is 15.2 Å². The van der Waals surface area contributed by atoms with Gasteiger partial charge in [0, 0.05) is 23.8 Å². The lowest BCUT2D eigenvalue weighted by Gasteiger charge is -2.44. The van der Waals surface area contributed by atoms with Gasteiger partial charge in [0.05, 0.1) is 0 Å². The molecule has 1 aromatic heterocycles. The number of carbonyl (C=O) groups is 1. The Morgan fingerprint density at radius 3 is 2.58 bits per heavy atom. The van der Waals surface area contributed by atoms with E-state index in [1.54, 1.807) is 12.1 Å². The van der Waals surface area contributed by atoms with Gasteiger partial charge in [0.2, 0.25) is 0 Å². The number of amides is 1. The SMILES string of the molecule is O=C(N[C@H]1CN2CCC1CC2)c1ccc(-c2ccc(F)c(F)c2)[nH]1. The highest BCUT2D eigenvalue weighted by Gasteiger charge is 2.35. The quantitative estimate of drug-likeness (QED) is 0.909. The summed E-state index contributed by atoms with van der Waals surface area (Å²) in [6.45, 7) is 3.16. The number of halogens is 2. The Morgan fingerprint density at radius 2 is 1.92 bits per heavy atom. The monoisotopic (exact) mass is 331 g/mol. The third-order valence-corrected chi connectivity index (χ3v) is 5.13. The van der Waals surface area contributed by atoms with E-state index in [-0.39, 0.29) is 11.9 Å². The van der Waals surface area contributed by atoms with E-state index in [1.165, 1.54) is 6.07 Å². The lowest BCUT2D eigenvalue weighted by Crippen LogP contribution is -2.57. The molecule has 0 saturated carbocycles. The summed E-state index contributed by atoms with van der Waals surface area (Å²) >= 11 is 0. The first-order valence-electron chi connectivity index (χ1n) is 8.28. The second kappa shape index (κ2) is 6.02. The van der Waals surface area contributed by atoms with Crippen molar-refractivity contribution in [2.24, 2.45) is 5.92 Å². The number of carbonyl (C=O) groups excluding carboxylic acids is 1. The van der Waals surface area contributed by atoms with Crippen molar-refractivity contribution < 1.29 is 13.6 Å². The first-order valence-corrected chi connectivity index (χ1v) is 8.28. The van der Waals surface area contributed by atoms with Crippen LogP contribution in [0.4, 0.5) is 8.78 Å². The van der Waals surface area contributed by atoms with Gasteiger partial charge < -0.3 is 15.2 Å². The van der Waals surface area contributed by atoms with Crippen LogP contribution >= 0.6 is 0 Å². The molecular formula is C18H19F2N3O. The van der Waals surface area contributed by atoms with Crippen LogP contribution in [0.5, 0.6) is 0 Å². The maximum Gasteiger partial charge on any atom is 0.267 e. The minimum atomic E-state index is -0.902. The van der Waals surface area contributed by atoms with Gasteiger partial charge in [0.15, 0.2) is 11.6 Å². The number of piperidine rings is 3. The summed E-state index contributed by atoms with van der Waals surface area (Å²) in [7, 11) is 0. The van der Waals surface area contributed by atoms with Crippen LogP contribution in [0, 0.1) is 17.6 Å². The van der Waals surface area contributed by atoms with Gasteiger partial charge in [-0.3, -0.25) is 4.79 Å². The molecule has 0 spiro atoms. The van der Waals surface area contributed by atoms with Crippen molar-refractivity contribution in [3.05, 3.63) is 47.7 Å². The maximum atomic E-state index is 13.4. The Kier molecular flexibility index (Phi) is 3.84. The molecule has 4 nitrogen and oxygen atoms in total. The normalized spacial score (nSPS) is 25.7. The molecule has 0 aliphatic carbocycles. The van der Waals surface area contributed by atoms with Crippen molar-refractivity contribution in [2.45, 2.75) is 18.9 Å². The Morgan fingerprint density at radius 1 is 1.12 bits per heavy atom. The lowest BCUT2D eigenvalue weighted by atomic mass is 9.84. The van der Waals surface area contributed by atoms with Crippen molar-refractivity contribution in [2.75, 3.05) is 19.6 Å². The van der Waals surface area contributed by atoms with Gasteiger partial charge in [-0.05, 0) is 62.2 Å². The number of benzene rings is 1. The van der Waals surface area contributed by atoms with Gasteiger partial charge >= 0.3 is 0 Å². The number of fused-ring (bicyclic) bond motifs is 3.